The molecule has 1 aromatic carbocycles. The summed E-state index contributed by atoms with van der Waals surface area (Å²) >= 11 is 0. The van der Waals surface area contributed by atoms with Crippen molar-refractivity contribution in [1.29, 1.82) is 0 Å². The molecule has 3 aliphatic heterocycles. The molecule has 3 heterocycles. The van der Waals surface area contributed by atoms with Crippen LogP contribution in [0.5, 0.6) is 0 Å². The molecule has 0 spiro atoms. The summed E-state index contributed by atoms with van der Waals surface area (Å²) in [5.74, 6) is 0.208. The first kappa shape index (κ1) is 10.8. The van der Waals surface area contributed by atoms with Gasteiger partial charge in [-0.1, -0.05) is 18.2 Å². The maximum absolute atomic E-state index is 12.4. The van der Waals surface area contributed by atoms with Crippen LogP contribution in [0, 0.1) is 0 Å². The molecule has 0 unspecified atom stereocenters. The van der Waals surface area contributed by atoms with E-state index in [1.165, 1.54) is 0 Å². The highest BCUT2D eigenvalue weighted by atomic mass is 16.2. The van der Waals surface area contributed by atoms with Gasteiger partial charge >= 0.3 is 0 Å². The Morgan fingerprint density at radius 2 is 1.71 bits per heavy atom. The first-order chi connectivity index (χ1) is 8.34. The summed E-state index contributed by atoms with van der Waals surface area (Å²) in [5.41, 5.74) is 0.827. The van der Waals surface area contributed by atoms with Crippen LogP contribution in [0.25, 0.3) is 0 Å². The van der Waals surface area contributed by atoms with Gasteiger partial charge in [-0.05, 0) is 25.0 Å². The van der Waals surface area contributed by atoms with Crippen molar-refractivity contribution in [3.8, 4) is 0 Å². The molecular weight excluding hydrogens is 212 g/mol. The van der Waals surface area contributed by atoms with Crippen molar-refractivity contribution in [1.82, 2.24) is 9.80 Å². The van der Waals surface area contributed by atoms with Crippen molar-refractivity contribution in [3.05, 3.63) is 35.9 Å². The second-order valence-electron chi connectivity index (χ2n) is 4.94. The van der Waals surface area contributed by atoms with Gasteiger partial charge in [0.2, 0.25) is 0 Å². The van der Waals surface area contributed by atoms with Crippen LogP contribution >= 0.6 is 0 Å². The molecule has 3 aliphatic rings. The molecule has 3 fully saturated rings. The van der Waals surface area contributed by atoms with Crippen LogP contribution in [0.2, 0.25) is 0 Å². The van der Waals surface area contributed by atoms with Gasteiger partial charge in [0.15, 0.2) is 0 Å². The molecule has 1 aromatic rings. The van der Waals surface area contributed by atoms with E-state index < -0.39 is 0 Å². The van der Waals surface area contributed by atoms with Gasteiger partial charge in [0.1, 0.15) is 0 Å². The van der Waals surface area contributed by atoms with E-state index in [4.69, 9.17) is 0 Å². The molecule has 3 heteroatoms. The fourth-order valence-corrected chi connectivity index (χ4v) is 2.90. The third-order valence-electron chi connectivity index (χ3n) is 3.94. The van der Waals surface area contributed by atoms with E-state index in [0.717, 1.165) is 44.6 Å². The smallest absolute Gasteiger partial charge is 0.254 e. The monoisotopic (exact) mass is 230 g/mol. The first-order valence-electron chi connectivity index (χ1n) is 6.43. The Hall–Kier alpha value is -1.35. The molecule has 3 saturated heterocycles. The highest BCUT2D eigenvalue weighted by Crippen LogP contribution is 2.22. The van der Waals surface area contributed by atoms with Crippen LogP contribution in [0.15, 0.2) is 30.3 Å². The van der Waals surface area contributed by atoms with E-state index in [1.54, 1.807) is 0 Å². The molecule has 17 heavy (non-hydrogen) atoms. The normalized spacial score (nSPS) is 27.9. The first-order valence-corrected chi connectivity index (χ1v) is 6.43. The van der Waals surface area contributed by atoms with Crippen molar-refractivity contribution < 1.29 is 4.79 Å². The van der Waals surface area contributed by atoms with Gasteiger partial charge in [-0.3, -0.25) is 4.79 Å². The van der Waals surface area contributed by atoms with Crippen LogP contribution < -0.4 is 0 Å². The van der Waals surface area contributed by atoms with Crippen molar-refractivity contribution in [2.45, 2.75) is 18.9 Å². The molecule has 90 valence electrons. The zero-order valence-electron chi connectivity index (χ0n) is 10.0. The van der Waals surface area contributed by atoms with Crippen LogP contribution in [0.3, 0.4) is 0 Å². The fourth-order valence-electron chi connectivity index (χ4n) is 2.90. The zero-order valence-corrected chi connectivity index (χ0v) is 10.0. The van der Waals surface area contributed by atoms with E-state index >= 15 is 0 Å². The van der Waals surface area contributed by atoms with Gasteiger partial charge in [-0.2, -0.15) is 0 Å². The highest BCUT2D eigenvalue weighted by Gasteiger charge is 2.31. The number of benzene rings is 1. The number of nitrogens with zero attached hydrogens (tertiary/aromatic N) is 2. The van der Waals surface area contributed by atoms with Crippen LogP contribution in [0.4, 0.5) is 0 Å². The Morgan fingerprint density at radius 1 is 1.00 bits per heavy atom. The lowest BCUT2D eigenvalue weighted by Crippen LogP contribution is -2.41. The molecular formula is C14H18N2O. The van der Waals surface area contributed by atoms with E-state index in [9.17, 15) is 4.79 Å². The summed E-state index contributed by atoms with van der Waals surface area (Å²) in [6.07, 6.45) is 2.27. The van der Waals surface area contributed by atoms with E-state index in [-0.39, 0.29) is 5.91 Å². The van der Waals surface area contributed by atoms with Crippen LogP contribution in [0.1, 0.15) is 23.2 Å². The number of hydrogen-bond donors (Lipinski definition) is 0. The van der Waals surface area contributed by atoms with Gasteiger partial charge in [0.05, 0.1) is 0 Å². The van der Waals surface area contributed by atoms with E-state index in [1.807, 2.05) is 30.3 Å². The fraction of sp³-hybridized carbons (Fsp3) is 0.500. The highest BCUT2D eigenvalue weighted by molar-refractivity contribution is 5.94. The predicted octanol–water partition coefficient (Wildman–Crippen LogP) is 1.61. The average Bonchev–Trinajstić information content (AvgIpc) is 2.72. The number of amides is 1. The van der Waals surface area contributed by atoms with Crippen LogP contribution in [-0.2, 0) is 0 Å². The van der Waals surface area contributed by atoms with Gasteiger partial charge in [-0.15, -0.1) is 0 Å². The molecule has 2 bridgehead atoms. The Balaban J connectivity index is 1.81. The standard InChI is InChI=1S/C14H18N2O/c17-14(12-4-2-1-3-5-12)16-11-10-15-8-6-13(16)7-9-15/h1-5,13H,6-11H2. The minimum absolute atomic E-state index is 0.208. The predicted molar refractivity (Wildman–Crippen MR) is 66.9 cm³/mol. The van der Waals surface area contributed by atoms with Crippen LogP contribution in [-0.4, -0.2) is 47.9 Å². The SMILES string of the molecule is O=C(c1ccccc1)N1CCN2CCC1CC2. The third-order valence-corrected chi connectivity index (χ3v) is 3.94. The third kappa shape index (κ3) is 2.07. The maximum atomic E-state index is 12.4. The largest absolute Gasteiger partial charge is 0.334 e. The lowest BCUT2D eigenvalue weighted by molar-refractivity contribution is 0.0685. The second-order valence-corrected chi connectivity index (χ2v) is 4.94. The van der Waals surface area contributed by atoms with Crippen molar-refractivity contribution in [3.63, 3.8) is 0 Å². The number of carbonyl (C=O) groups is 1. The molecule has 0 N–H and O–H groups in total. The van der Waals surface area contributed by atoms with Gasteiger partial charge < -0.3 is 9.80 Å². The molecule has 3 nitrogen and oxygen atoms in total. The number of piperidine rings is 1. The summed E-state index contributed by atoms with van der Waals surface area (Å²) in [5, 5.41) is 0. The zero-order chi connectivity index (χ0) is 11.7. The lowest BCUT2D eigenvalue weighted by Gasteiger charge is -2.31. The van der Waals surface area contributed by atoms with Gasteiger partial charge in [-0.25, -0.2) is 0 Å². The number of hydrogen-bond acceptors (Lipinski definition) is 2. The molecule has 0 atom stereocenters. The quantitative estimate of drug-likeness (QED) is 0.731. The molecule has 0 aliphatic carbocycles. The molecule has 1 amide bonds. The summed E-state index contributed by atoms with van der Waals surface area (Å²) in [6, 6.07) is 10.1. The van der Waals surface area contributed by atoms with Gasteiger partial charge in [0, 0.05) is 37.8 Å². The summed E-state index contributed by atoms with van der Waals surface area (Å²) in [4.78, 5) is 17.0. The average molecular weight is 230 g/mol. The lowest BCUT2D eigenvalue weighted by atomic mass is 10.0. The minimum Gasteiger partial charge on any atom is -0.334 e. The topological polar surface area (TPSA) is 23.6 Å². The van der Waals surface area contributed by atoms with E-state index in [2.05, 4.69) is 9.80 Å². The van der Waals surface area contributed by atoms with Gasteiger partial charge in [0.25, 0.3) is 5.91 Å². The summed E-state index contributed by atoms with van der Waals surface area (Å²) in [6.45, 7) is 4.24. The summed E-state index contributed by atoms with van der Waals surface area (Å²) in [7, 11) is 0. The molecule has 0 radical (unpaired) electrons. The summed E-state index contributed by atoms with van der Waals surface area (Å²) < 4.78 is 0. The second kappa shape index (κ2) is 4.49. The van der Waals surface area contributed by atoms with Crippen molar-refractivity contribution in [2.24, 2.45) is 0 Å². The van der Waals surface area contributed by atoms with Crippen molar-refractivity contribution in [2.75, 3.05) is 26.2 Å². The van der Waals surface area contributed by atoms with Crippen molar-refractivity contribution >= 4 is 5.91 Å². The van der Waals surface area contributed by atoms with E-state index in [0.29, 0.717) is 6.04 Å². The Bertz CT molecular complexity index is 396. The Labute approximate surface area is 102 Å². The number of rotatable bonds is 1. The Kier molecular flexibility index (Phi) is 2.85. The minimum atomic E-state index is 0.208. The number of carbonyl (C=O) groups excluding carboxylic acids is 1. The Morgan fingerprint density at radius 3 is 2.41 bits per heavy atom. The molecule has 0 saturated carbocycles. The number of fused-ring (bicyclic) bond motifs is 4. The molecule has 0 aromatic heterocycles. The maximum Gasteiger partial charge on any atom is 0.254 e. The molecule has 4 rings (SSSR count).